The van der Waals surface area contributed by atoms with Gasteiger partial charge < -0.3 is 16.4 Å². The van der Waals surface area contributed by atoms with Crippen molar-refractivity contribution < 1.29 is 4.79 Å². The molecule has 0 unspecified atom stereocenters. The van der Waals surface area contributed by atoms with Gasteiger partial charge in [-0.25, -0.2) is 4.68 Å². The number of hydrogen-bond donors (Lipinski definition) is 3. The number of amides is 1. The van der Waals surface area contributed by atoms with E-state index in [2.05, 4.69) is 26.9 Å². The van der Waals surface area contributed by atoms with Crippen molar-refractivity contribution in [3.8, 4) is 5.69 Å². The van der Waals surface area contributed by atoms with Crippen molar-refractivity contribution in [2.45, 2.75) is 20.0 Å². The Bertz CT molecular complexity index is 1160. The second-order valence-corrected chi connectivity index (χ2v) is 7.37. The Morgan fingerprint density at radius 2 is 1.77 bits per heavy atom. The van der Waals surface area contributed by atoms with Crippen LogP contribution in [0.15, 0.2) is 66.9 Å². The zero-order valence-corrected chi connectivity index (χ0v) is 17.5. The smallest absolute Gasteiger partial charge is 0.256 e. The van der Waals surface area contributed by atoms with Crippen LogP contribution in [-0.4, -0.2) is 25.5 Å². The lowest BCUT2D eigenvalue weighted by molar-refractivity contribution is 0.102. The van der Waals surface area contributed by atoms with Crippen LogP contribution in [0.4, 0.5) is 11.5 Å². The molecule has 8 heteroatoms. The van der Waals surface area contributed by atoms with Crippen LogP contribution in [0.25, 0.3) is 5.69 Å². The standard InChI is InChI=1S/C23H25N7O/c1-16-12-19(27-29(16)2)14-25-13-17-8-10-18(11-9-17)23(31)26-22-21(24)15-30(28-22)20-6-4-3-5-7-20/h3-12,15,25H,13-14,24H2,1-2H3,(H,26,28,31). The number of nitrogens with one attached hydrogen (secondary N) is 2. The number of aromatic nitrogens is 4. The maximum absolute atomic E-state index is 12.6. The molecule has 158 valence electrons. The maximum atomic E-state index is 12.6. The minimum Gasteiger partial charge on any atom is -0.394 e. The molecule has 0 saturated heterocycles. The van der Waals surface area contributed by atoms with Crippen LogP contribution < -0.4 is 16.4 Å². The third-order valence-electron chi connectivity index (χ3n) is 5.01. The molecule has 0 aliphatic rings. The second kappa shape index (κ2) is 8.85. The molecule has 0 radical (unpaired) electrons. The average molecular weight is 416 g/mol. The molecular weight excluding hydrogens is 390 g/mol. The first-order valence-electron chi connectivity index (χ1n) is 10.0. The highest BCUT2D eigenvalue weighted by Crippen LogP contribution is 2.19. The predicted molar refractivity (Wildman–Crippen MR) is 121 cm³/mol. The second-order valence-electron chi connectivity index (χ2n) is 7.37. The van der Waals surface area contributed by atoms with Crippen molar-refractivity contribution in [3.05, 3.63) is 89.4 Å². The van der Waals surface area contributed by atoms with Gasteiger partial charge in [-0.1, -0.05) is 30.3 Å². The van der Waals surface area contributed by atoms with E-state index in [0.717, 1.165) is 22.6 Å². The van der Waals surface area contributed by atoms with Crippen molar-refractivity contribution in [1.29, 1.82) is 0 Å². The first-order valence-corrected chi connectivity index (χ1v) is 10.0. The van der Waals surface area contributed by atoms with Crippen LogP contribution in [-0.2, 0) is 20.1 Å². The summed E-state index contributed by atoms with van der Waals surface area (Å²) in [6.07, 6.45) is 1.68. The van der Waals surface area contributed by atoms with Gasteiger partial charge in [0.25, 0.3) is 5.91 Å². The van der Waals surface area contributed by atoms with Gasteiger partial charge in [0.15, 0.2) is 5.82 Å². The first kappa shape index (κ1) is 20.4. The fourth-order valence-electron chi connectivity index (χ4n) is 3.21. The molecule has 0 spiro atoms. The number of nitrogen functional groups attached to an aromatic ring is 1. The third kappa shape index (κ3) is 4.81. The Labute approximate surface area is 180 Å². The van der Waals surface area contributed by atoms with E-state index in [4.69, 9.17) is 5.73 Å². The lowest BCUT2D eigenvalue weighted by Crippen LogP contribution is -2.15. The number of rotatable bonds is 7. The molecule has 4 rings (SSSR count). The number of anilines is 2. The minimum atomic E-state index is -0.256. The number of carbonyl (C=O) groups excluding carboxylic acids is 1. The molecule has 0 bridgehead atoms. The summed E-state index contributed by atoms with van der Waals surface area (Å²) < 4.78 is 3.50. The van der Waals surface area contributed by atoms with E-state index >= 15 is 0 Å². The number of nitrogens with two attached hydrogens (primary N) is 1. The van der Waals surface area contributed by atoms with E-state index in [0.29, 0.717) is 30.2 Å². The Kier molecular flexibility index (Phi) is 5.81. The summed E-state index contributed by atoms with van der Waals surface area (Å²) in [7, 11) is 1.93. The van der Waals surface area contributed by atoms with Gasteiger partial charge in [-0.15, -0.1) is 5.10 Å². The number of para-hydroxylation sites is 1. The zero-order valence-electron chi connectivity index (χ0n) is 17.5. The first-order chi connectivity index (χ1) is 15.0. The molecule has 1 amide bonds. The van der Waals surface area contributed by atoms with Crippen LogP contribution in [0.5, 0.6) is 0 Å². The van der Waals surface area contributed by atoms with Gasteiger partial charge in [0.2, 0.25) is 0 Å². The molecule has 4 aromatic rings. The van der Waals surface area contributed by atoms with E-state index in [1.54, 1.807) is 23.0 Å². The summed E-state index contributed by atoms with van der Waals surface area (Å²) >= 11 is 0. The fraction of sp³-hybridized carbons (Fsp3) is 0.174. The number of carbonyl (C=O) groups is 1. The Morgan fingerprint density at radius 3 is 2.45 bits per heavy atom. The number of hydrogen-bond acceptors (Lipinski definition) is 5. The lowest BCUT2D eigenvalue weighted by atomic mass is 10.1. The number of benzene rings is 2. The largest absolute Gasteiger partial charge is 0.394 e. The molecular formula is C23H25N7O. The van der Waals surface area contributed by atoms with Gasteiger partial charge in [0.1, 0.15) is 0 Å². The summed E-state index contributed by atoms with van der Waals surface area (Å²) in [5.41, 5.74) is 11.1. The van der Waals surface area contributed by atoms with Crippen molar-refractivity contribution in [3.63, 3.8) is 0 Å². The van der Waals surface area contributed by atoms with Gasteiger partial charge in [-0.05, 0) is 42.8 Å². The molecule has 0 atom stereocenters. The van der Waals surface area contributed by atoms with Crippen LogP contribution in [0.1, 0.15) is 27.3 Å². The maximum Gasteiger partial charge on any atom is 0.256 e. The SMILES string of the molecule is Cc1cc(CNCc2ccc(C(=O)Nc3nn(-c4ccccc4)cc3N)cc2)nn1C. The highest BCUT2D eigenvalue weighted by Gasteiger charge is 2.12. The minimum absolute atomic E-state index is 0.256. The van der Waals surface area contributed by atoms with Crippen molar-refractivity contribution in [1.82, 2.24) is 24.9 Å². The van der Waals surface area contributed by atoms with E-state index in [1.807, 2.05) is 61.1 Å². The summed E-state index contributed by atoms with van der Waals surface area (Å²) in [4.78, 5) is 12.6. The topological polar surface area (TPSA) is 103 Å². The Morgan fingerprint density at radius 1 is 1.03 bits per heavy atom. The van der Waals surface area contributed by atoms with Crippen molar-refractivity contribution >= 4 is 17.4 Å². The zero-order chi connectivity index (χ0) is 21.8. The molecule has 31 heavy (non-hydrogen) atoms. The van der Waals surface area contributed by atoms with Crippen LogP contribution in [0.3, 0.4) is 0 Å². The molecule has 0 saturated carbocycles. The molecule has 0 aliphatic carbocycles. The lowest BCUT2D eigenvalue weighted by Gasteiger charge is -2.06. The molecule has 2 heterocycles. The summed E-state index contributed by atoms with van der Waals surface area (Å²) in [5, 5.41) is 15.0. The fourth-order valence-corrected chi connectivity index (χ4v) is 3.21. The van der Waals surface area contributed by atoms with Gasteiger partial charge in [0.05, 0.1) is 23.3 Å². The van der Waals surface area contributed by atoms with Gasteiger partial charge in [-0.3, -0.25) is 9.48 Å². The number of nitrogens with zero attached hydrogens (tertiary/aromatic N) is 4. The summed E-state index contributed by atoms with van der Waals surface area (Å²) in [6, 6.07) is 19.1. The highest BCUT2D eigenvalue weighted by atomic mass is 16.1. The van der Waals surface area contributed by atoms with E-state index in [9.17, 15) is 4.79 Å². The number of aryl methyl sites for hydroxylation is 2. The monoisotopic (exact) mass is 415 g/mol. The van der Waals surface area contributed by atoms with Crippen LogP contribution in [0.2, 0.25) is 0 Å². The van der Waals surface area contributed by atoms with E-state index in [-0.39, 0.29) is 5.91 Å². The molecule has 4 N–H and O–H groups in total. The van der Waals surface area contributed by atoms with Gasteiger partial charge in [-0.2, -0.15) is 5.10 Å². The molecule has 2 aromatic carbocycles. The van der Waals surface area contributed by atoms with E-state index in [1.165, 1.54) is 0 Å². The highest BCUT2D eigenvalue weighted by molar-refractivity contribution is 6.05. The van der Waals surface area contributed by atoms with Gasteiger partial charge >= 0.3 is 0 Å². The van der Waals surface area contributed by atoms with Crippen LogP contribution in [0, 0.1) is 6.92 Å². The van der Waals surface area contributed by atoms with Crippen LogP contribution >= 0.6 is 0 Å². The average Bonchev–Trinajstić information content (AvgIpc) is 3.30. The van der Waals surface area contributed by atoms with Crippen molar-refractivity contribution in [2.75, 3.05) is 11.1 Å². The summed E-state index contributed by atoms with van der Waals surface area (Å²) in [5.74, 6) is 0.0822. The van der Waals surface area contributed by atoms with Gasteiger partial charge in [0, 0.05) is 31.4 Å². The van der Waals surface area contributed by atoms with Crippen molar-refractivity contribution in [2.24, 2.45) is 7.05 Å². The predicted octanol–water partition coefficient (Wildman–Crippen LogP) is 3.04. The molecule has 0 fully saturated rings. The Balaban J connectivity index is 1.34. The molecule has 2 aromatic heterocycles. The normalized spacial score (nSPS) is 10.9. The molecule has 0 aliphatic heterocycles. The van der Waals surface area contributed by atoms with E-state index < -0.39 is 0 Å². The summed E-state index contributed by atoms with van der Waals surface area (Å²) in [6.45, 7) is 3.40. The molecule has 8 nitrogen and oxygen atoms in total. The third-order valence-corrected chi connectivity index (χ3v) is 5.01. The Hall–Kier alpha value is -3.91. The quantitative estimate of drug-likeness (QED) is 0.431.